The molecule has 9 heteroatoms. The van der Waals surface area contributed by atoms with E-state index in [4.69, 9.17) is 0 Å². The number of nitrogens with zero attached hydrogens (tertiary/aromatic N) is 3. The van der Waals surface area contributed by atoms with E-state index in [9.17, 15) is 23.2 Å². The van der Waals surface area contributed by atoms with Gasteiger partial charge in [-0.05, 0) is 36.2 Å². The fourth-order valence-electron chi connectivity index (χ4n) is 3.28. The SMILES string of the molecule is O=C(Cn1nc(C(=O)N2CCc3ccccc32)ccc1=O)Nc1ccc(F)cc1F. The molecule has 3 aromatic rings. The van der Waals surface area contributed by atoms with Crippen molar-refractivity contribution in [1.29, 1.82) is 0 Å². The maximum Gasteiger partial charge on any atom is 0.278 e. The molecule has 0 saturated carbocycles. The standard InChI is InChI=1S/C21H16F2N4O3/c22-14-5-6-16(15(23)11-14)24-19(28)12-27-20(29)8-7-17(25-27)21(30)26-10-9-13-3-1-2-4-18(13)26/h1-8,11H,9-10,12H2,(H,24,28). The van der Waals surface area contributed by atoms with Crippen LogP contribution in [0.5, 0.6) is 0 Å². The fourth-order valence-corrected chi connectivity index (χ4v) is 3.28. The Bertz CT molecular complexity index is 1210. The van der Waals surface area contributed by atoms with E-state index in [0.29, 0.717) is 19.0 Å². The molecule has 1 aliphatic rings. The summed E-state index contributed by atoms with van der Waals surface area (Å²) in [6.45, 7) is -0.0450. The molecular weight excluding hydrogens is 394 g/mol. The van der Waals surface area contributed by atoms with Gasteiger partial charge >= 0.3 is 0 Å². The third kappa shape index (κ3) is 3.82. The number of aromatic nitrogens is 2. The second-order valence-electron chi connectivity index (χ2n) is 6.72. The summed E-state index contributed by atoms with van der Waals surface area (Å²) in [5, 5.41) is 6.26. The van der Waals surface area contributed by atoms with Gasteiger partial charge < -0.3 is 10.2 Å². The Morgan fingerprint density at radius 1 is 1.07 bits per heavy atom. The third-order valence-electron chi connectivity index (χ3n) is 4.72. The highest BCUT2D eigenvalue weighted by atomic mass is 19.1. The van der Waals surface area contributed by atoms with Crippen LogP contribution in [0.2, 0.25) is 0 Å². The van der Waals surface area contributed by atoms with Gasteiger partial charge in [-0.15, -0.1) is 0 Å². The lowest BCUT2D eigenvalue weighted by Gasteiger charge is -2.17. The minimum atomic E-state index is -0.944. The molecule has 0 radical (unpaired) electrons. The van der Waals surface area contributed by atoms with Crippen LogP contribution >= 0.6 is 0 Å². The number of halogens is 2. The van der Waals surface area contributed by atoms with Crippen molar-refractivity contribution in [3.63, 3.8) is 0 Å². The number of amides is 2. The summed E-state index contributed by atoms with van der Waals surface area (Å²) in [6.07, 6.45) is 0.715. The van der Waals surface area contributed by atoms with E-state index in [1.165, 1.54) is 6.07 Å². The van der Waals surface area contributed by atoms with E-state index in [2.05, 4.69) is 10.4 Å². The first-order chi connectivity index (χ1) is 14.4. The molecule has 1 aromatic heterocycles. The molecule has 1 aliphatic heterocycles. The van der Waals surface area contributed by atoms with Gasteiger partial charge in [0.15, 0.2) is 0 Å². The number of benzene rings is 2. The van der Waals surface area contributed by atoms with E-state index < -0.39 is 35.6 Å². The molecule has 4 rings (SSSR count). The quantitative estimate of drug-likeness (QED) is 0.716. The van der Waals surface area contributed by atoms with E-state index in [1.54, 1.807) is 4.90 Å². The van der Waals surface area contributed by atoms with Gasteiger partial charge in [0.2, 0.25) is 5.91 Å². The van der Waals surface area contributed by atoms with Gasteiger partial charge in [0, 0.05) is 24.4 Å². The normalized spacial score (nSPS) is 12.5. The highest BCUT2D eigenvalue weighted by Crippen LogP contribution is 2.28. The Morgan fingerprint density at radius 3 is 2.67 bits per heavy atom. The van der Waals surface area contributed by atoms with Crippen molar-refractivity contribution in [2.24, 2.45) is 0 Å². The lowest BCUT2D eigenvalue weighted by atomic mass is 10.2. The first kappa shape index (κ1) is 19.4. The van der Waals surface area contributed by atoms with Crippen LogP contribution in [-0.2, 0) is 17.8 Å². The van der Waals surface area contributed by atoms with Crippen molar-refractivity contribution in [2.45, 2.75) is 13.0 Å². The highest BCUT2D eigenvalue weighted by Gasteiger charge is 2.26. The molecule has 0 atom stereocenters. The molecule has 0 spiro atoms. The maximum absolute atomic E-state index is 13.7. The molecule has 2 aromatic carbocycles. The molecule has 0 saturated heterocycles. The zero-order valence-electron chi connectivity index (χ0n) is 15.6. The number of carbonyl (C=O) groups excluding carboxylic acids is 2. The molecule has 2 amide bonds. The smallest absolute Gasteiger partial charge is 0.278 e. The topological polar surface area (TPSA) is 84.3 Å². The summed E-state index contributed by atoms with van der Waals surface area (Å²) < 4.78 is 27.5. The van der Waals surface area contributed by atoms with Gasteiger partial charge in [0.1, 0.15) is 23.9 Å². The van der Waals surface area contributed by atoms with E-state index in [0.717, 1.165) is 34.1 Å². The summed E-state index contributed by atoms with van der Waals surface area (Å²) in [4.78, 5) is 38.7. The summed E-state index contributed by atoms with van der Waals surface area (Å²) in [7, 11) is 0. The predicted octanol–water partition coefficient (Wildman–Crippen LogP) is 2.36. The van der Waals surface area contributed by atoms with E-state index >= 15 is 0 Å². The molecular formula is C21H16F2N4O3. The number of anilines is 2. The average Bonchev–Trinajstić information content (AvgIpc) is 3.15. The maximum atomic E-state index is 13.7. The van der Waals surface area contributed by atoms with Crippen molar-refractivity contribution in [3.8, 4) is 0 Å². The number of hydrogen-bond acceptors (Lipinski definition) is 4. The summed E-state index contributed by atoms with van der Waals surface area (Å²) >= 11 is 0. The number of hydrogen-bond donors (Lipinski definition) is 1. The van der Waals surface area contributed by atoms with Gasteiger partial charge in [-0.2, -0.15) is 5.10 Å². The van der Waals surface area contributed by atoms with Crippen LogP contribution in [0.15, 0.2) is 59.4 Å². The minimum Gasteiger partial charge on any atom is -0.322 e. The van der Waals surface area contributed by atoms with Gasteiger partial charge in [-0.3, -0.25) is 14.4 Å². The van der Waals surface area contributed by atoms with Gasteiger partial charge in [0.25, 0.3) is 11.5 Å². The Morgan fingerprint density at radius 2 is 1.87 bits per heavy atom. The van der Waals surface area contributed by atoms with Gasteiger partial charge in [-0.25, -0.2) is 13.5 Å². The molecule has 7 nitrogen and oxygen atoms in total. The molecule has 0 fully saturated rings. The Balaban J connectivity index is 1.53. The van der Waals surface area contributed by atoms with Crippen molar-refractivity contribution >= 4 is 23.2 Å². The predicted molar refractivity (Wildman–Crippen MR) is 105 cm³/mol. The van der Waals surface area contributed by atoms with Crippen molar-refractivity contribution in [1.82, 2.24) is 9.78 Å². The molecule has 30 heavy (non-hydrogen) atoms. The summed E-state index contributed by atoms with van der Waals surface area (Å²) in [6, 6.07) is 12.7. The molecule has 0 aliphatic carbocycles. The monoisotopic (exact) mass is 410 g/mol. The zero-order valence-corrected chi connectivity index (χ0v) is 15.6. The van der Waals surface area contributed by atoms with Gasteiger partial charge in [0.05, 0.1) is 5.69 Å². The van der Waals surface area contributed by atoms with Crippen LogP contribution in [0.1, 0.15) is 16.1 Å². The lowest BCUT2D eigenvalue weighted by Crippen LogP contribution is -2.34. The molecule has 0 bridgehead atoms. The van der Waals surface area contributed by atoms with E-state index in [-0.39, 0.29) is 11.4 Å². The van der Waals surface area contributed by atoms with E-state index in [1.807, 2.05) is 24.3 Å². The fraction of sp³-hybridized carbons (Fsp3) is 0.143. The first-order valence-corrected chi connectivity index (χ1v) is 9.15. The van der Waals surface area contributed by atoms with Crippen molar-refractivity contribution in [3.05, 3.63) is 87.8 Å². The van der Waals surface area contributed by atoms with Crippen molar-refractivity contribution < 1.29 is 18.4 Å². The number of para-hydroxylation sites is 1. The second-order valence-corrected chi connectivity index (χ2v) is 6.72. The largest absolute Gasteiger partial charge is 0.322 e. The average molecular weight is 410 g/mol. The number of fused-ring (bicyclic) bond motifs is 1. The number of nitrogens with one attached hydrogen (secondary N) is 1. The zero-order chi connectivity index (χ0) is 21.3. The molecule has 152 valence electrons. The summed E-state index contributed by atoms with van der Waals surface area (Å²) in [5.41, 5.74) is 1.01. The molecule has 1 N–H and O–H groups in total. The summed E-state index contributed by atoms with van der Waals surface area (Å²) in [5.74, 6) is -2.86. The Kier molecular flexibility index (Phi) is 5.09. The van der Waals surface area contributed by atoms with Crippen LogP contribution in [-0.4, -0.2) is 28.1 Å². The second kappa shape index (κ2) is 7.86. The number of rotatable bonds is 4. The molecule has 2 heterocycles. The van der Waals surface area contributed by atoms with Crippen LogP contribution < -0.4 is 15.8 Å². The van der Waals surface area contributed by atoms with Crippen LogP contribution in [0, 0.1) is 11.6 Å². The van der Waals surface area contributed by atoms with Crippen molar-refractivity contribution in [2.75, 3.05) is 16.8 Å². The minimum absolute atomic E-state index is 0.00654. The molecule has 0 unspecified atom stereocenters. The number of carbonyl (C=O) groups is 2. The first-order valence-electron chi connectivity index (χ1n) is 9.15. The van der Waals surface area contributed by atoms with Crippen LogP contribution in [0.25, 0.3) is 0 Å². The van der Waals surface area contributed by atoms with Crippen LogP contribution in [0.3, 0.4) is 0 Å². The lowest BCUT2D eigenvalue weighted by molar-refractivity contribution is -0.117. The highest BCUT2D eigenvalue weighted by molar-refractivity contribution is 6.06. The Labute approximate surface area is 169 Å². The third-order valence-corrected chi connectivity index (χ3v) is 4.72. The van der Waals surface area contributed by atoms with Gasteiger partial charge in [-0.1, -0.05) is 18.2 Å². The Hall–Kier alpha value is -3.88. The van der Waals surface area contributed by atoms with Crippen LogP contribution in [0.4, 0.5) is 20.2 Å².